The summed E-state index contributed by atoms with van der Waals surface area (Å²) in [6, 6.07) is 6.29. The predicted molar refractivity (Wildman–Crippen MR) is 87.3 cm³/mol. The van der Waals surface area contributed by atoms with E-state index in [1.54, 1.807) is 0 Å². The second-order valence-corrected chi connectivity index (χ2v) is 5.79. The van der Waals surface area contributed by atoms with E-state index in [1.165, 1.54) is 16.7 Å². The maximum atomic E-state index is 6.45. The molecule has 2 aromatic rings. The number of aryl methyl sites for hydroxylation is 4. The molecular formula is C16H23ClN4. The lowest BCUT2D eigenvalue weighted by molar-refractivity contribution is 0.525. The molecule has 0 spiro atoms. The fourth-order valence-corrected chi connectivity index (χ4v) is 3.23. The summed E-state index contributed by atoms with van der Waals surface area (Å²) in [5.41, 5.74) is 8.57. The van der Waals surface area contributed by atoms with Gasteiger partial charge in [-0.25, -0.2) is 0 Å². The summed E-state index contributed by atoms with van der Waals surface area (Å²) < 4.78 is 1.86. The molecule has 0 fully saturated rings. The van der Waals surface area contributed by atoms with Gasteiger partial charge in [-0.1, -0.05) is 36.7 Å². The van der Waals surface area contributed by atoms with Gasteiger partial charge in [-0.05, 0) is 37.0 Å². The lowest BCUT2D eigenvalue weighted by atomic mass is 9.93. The Bertz CT molecular complexity index is 613. The average molecular weight is 307 g/mol. The first-order valence-electron chi connectivity index (χ1n) is 7.22. The van der Waals surface area contributed by atoms with E-state index in [4.69, 9.17) is 17.4 Å². The summed E-state index contributed by atoms with van der Waals surface area (Å²) >= 11 is 6.45. The molecule has 2 rings (SSSR count). The van der Waals surface area contributed by atoms with Gasteiger partial charge in [0.05, 0.1) is 22.5 Å². The highest BCUT2D eigenvalue weighted by Crippen LogP contribution is 2.28. The molecule has 1 aromatic carbocycles. The Hall–Kier alpha value is -1.36. The van der Waals surface area contributed by atoms with E-state index >= 15 is 0 Å². The largest absolute Gasteiger partial charge is 0.271 e. The Balaban J connectivity index is 2.38. The van der Waals surface area contributed by atoms with Crippen LogP contribution in [0.4, 0.5) is 0 Å². The van der Waals surface area contributed by atoms with E-state index in [-0.39, 0.29) is 6.04 Å². The topological polar surface area (TPSA) is 55.9 Å². The Labute approximate surface area is 131 Å². The molecule has 5 heteroatoms. The number of rotatable bonds is 5. The molecule has 3 N–H and O–H groups in total. The number of nitrogens with one attached hydrogen (secondary N) is 1. The summed E-state index contributed by atoms with van der Waals surface area (Å²) in [5.74, 6) is 5.81. The van der Waals surface area contributed by atoms with Crippen LogP contribution in [-0.2, 0) is 19.9 Å². The van der Waals surface area contributed by atoms with Crippen molar-refractivity contribution in [2.45, 2.75) is 39.7 Å². The molecule has 0 radical (unpaired) electrons. The van der Waals surface area contributed by atoms with Crippen LogP contribution in [-0.4, -0.2) is 9.78 Å². The fourth-order valence-electron chi connectivity index (χ4n) is 2.86. The molecular weight excluding hydrogens is 284 g/mol. The van der Waals surface area contributed by atoms with Crippen molar-refractivity contribution in [2.24, 2.45) is 12.9 Å². The van der Waals surface area contributed by atoms with Crippen LogP contribution in [0.3, 0.4) is 0 Å². The van der Waals surface area contributed by atoms with Crippen molar-refractivity contribution in [1.29, 1.82) is 0 Å². The number of nitrogens with zero attached hydrogens (tertiary/aromatic N) is 2. The molecule has 0 aliphatic carbocycles. The first kappa shape index (κ1) is 16.0. The Morgan fingerprint density at radius 1 is 1.33 bits per heavy atom. The second-order valence-electron chi connectivity index (χ2n) is 5.41. The number of hydrogen-bond acceptors (Lipinski definition) is 3. The lowest BCUT2D eigenvalue weighted by Crippen LogP contribution is -2.31. The molecule has 1 aromatic heterocycles. The summed E-state index contributed by atoms with van der Waals surface area (Å²) in [5, 5.41) is 5.23. The summed E-state index contributed by atoms with van der Waals surface area (Å²) in [6.07, 6.45) is 1.54. The zero-order valence-electron chi connectivity index (χ0n) is 13.1. The van der Waals surface area contributed by atoms with Gasteiger partial charge in [0.2, 0.25) is 0 Å². The number of aromatic nitrogens is 2. The van der Waals surface area contributed by atoms with Crippen LogP contribution in [0.25, 0.3) is 0 Å². The van der Waals surface area contributed by atoms with Gasteiger partial charge in [-0.15, -0.1) is 0 Å². The van der Waals surface area contributed by atoms with Crippen LogP contribution in [0, 0.1) is 13.8 Å². The van der Waals surface area contributed by atoms with Crippen molar-refractivity contribution < 1.29 is 0 Å². The molecule has 21 heavy (non-hydrogen) atoms. The van der Waals surface area contributed by atoms with Crippen LogP contribution in [0.5, 0.6) is 0 Å². The van der Waals surface area contributed by atoms with Gasteiger partial charge in [0, 0.05) is 13.5 Å². The molecule has 0 amide bonds. The summed E-state index contributed by atoms with van der Waals surface area (Å²) in [4.78, 5) is 0. The maximum Gasteiger partial charge on any atom is 0.0850 e. The van der Waals surface area contributed by atoms with Gasteiger partial charge < -0.3 is 0 Å². The molecule has 0 bridgehead atoms. The lowest BCUT2D eigenvalue weighted by Gasteiger charge is -2.21. The molecule has 0 saturated heterocycles. The normalized spacial score (nSPS) is 12.7. The molecule has 0 saturated carbocycles. The maximum absolute atomic E-state index is 6.45. The zero-order valence-corrected chi connectivity index (χ0v) is 13.8. The van der Waals surface area contributed by atoms with E-state index in [1.807, 2.05) is 11.7 Å². The third-order valence-corrected chi connectivity index (χ3v) is 4.43. The first-order chi connectivity index (χ1) is 9.99. The van der Waals surface area contributed by atoms with Gasteiger partial charge in [0.1, 0.15) is 0 Å². The number of hydrazine groups is 1. The molecule has 1 heterocycles. The van der Waals surface area contributed by atoms with Gasteiger partial charge in [-0.2, -0.15) is 5.10 Å². The number of benzene rings is 1. The minimum atomic E-state index is 0.0174. The minimum Gasteiger partial charge on any atom is -0.271 e. The van der Waals surface area contributed by atoms with E-state index in [0.29, 0.717) is 6.42 Å². The highest BCUT2D eigenvalue weighted by molar-refractivity contribution is 6.31. The van der Waals surface area contributed by atoms with Crippen LogP contribution >= 0.6 is 11.6 Å². The molecule has 1 atom stereocenters. The van der Waals surface area contributed by atoms with Crippen molar-refractivity contribution in [3.8, 4) is 0 Å². The standard InChI is InChI=1S/C16H23ClN4/c1-5-12-16(17)14(21(4)20-12)9-13(19-18)15-10(2)7-6-8-11(15)3/h6-8,13,19H,5,9,18H2,1-4H3. The van der Waals surface area contributed by atoms with E-state index in [0.717, 1.165) is 22.8 Å². The molecule has 0 aliphatic rings. The number of nitrogens with two attached hydrogens (primary N) is 1. The van der Waals surface area contributed by atoms with E-state index < -0.39 is 0 Å². The summed E-state index contributed by atoms with van der Waals surface area (Å²) in [6.45, 7) is 6.27. The van der Waals surface area contributed by atoms with Crippen LogP contribution in [0.15, 0.2) is 18.2 Å². The van der Waals surface area contributed by atoms with Crippen LogP contribution < -0.4 is 11.3 Å². The first-order valence-corrected chi connectivity index (χ1v) is 7.59. The van der Waals surface area contributed by atoms with Gasteiger partial charge in [0.15, 0.2) is 0 Å². The van der Waals surface area contributed by atoms with Crippen LogP contribution in [0.1, 0.15) is 41.0 Å². The number of halogens is 1. The molecule has 114 valence electrons. The third-order valence-electron chi connectivity index (χ3n) is 3.99. The van der Waals surface area contributed by atoms with E-state index in [9.17, 15) is 0 Å². The summed E-state index contributed by atoms with van der Waals surface area (Å²) in [7, 11) is 1.93. The van der Waals surface area contributed by atoms with Crippen molar-refractivity contribution in [2.75, 3.05) is 0 Å². The van der Waals surface area contributed by atoms with Crippen LogP contribution in [0.2, 0.25) is 5.02 Å². The zero-order chi connectivity index (χ0) is 15.6. The minimum absolute atomic E-state index is 0.0174. The average Bonchev–Trinajstić information content (AvgIpc) is 2.72. The van der Waals surface area contributed by atoms with E-state index in [2.05, 4.69) is 49.5 Å². The molecule has 1 unspecified atom stereocenters. The Kier molecular flexibility index (Phi) is 5.04. The SMILES string of the molecule is CCc1nn(C)c(CC(NN)c2c(C)cccc2C)c1Cl. The second kappa shape index (κ2) is 6.60. The highest BCUT2D eigenvalue weighted by Gasteiger charge is 2.20. The quantitative estimate of drug-likeness (QED) is 0.659. The monoisotopic (exact) mass is 306 g/mol. The van der Waals surface area contributed by atoms with Crippen molar-refractivity contribution in [3.63, 3.8) is 0 Å². The van der Waals surface area contributed by atoms with Crippen molar-refractivity contribution in [3.05, 3.63) is 51.3 Å². The third kappa shape index (κ3) is 3.12. The number of hydrogen-bond donors (Lipinski definition) is 2. The van der Waals surface area contributed by atoms with Gasteiger partial charge in [0.25, 0.3) is 0 Å². The van der Waals surface area contributed by atoms with Gasteiger partial charge in [-0.3, -0.25) is 16.0 Å². The predicted octanol–water partition coefficient (Wildman–Crippen LogP) is 3.00. The molecule has 4 nitrogen and oxygen atoms in total. The smallest absolute Gasteiger partial charge is 0.0850 e. The highest BCUT2D eigenvalue weighted by atomic mass is 35.5. The Morgan fingerprint density at radius 2 is 1.95 bits per heavy atom. The Morgan fingerprint density at radius 3 is 2.43 bits per heavy atom. The van der Waals surface area contributed by atoms with Gasteiger partial charge >= 0.3 is 0 Å². The van der Waals surface area contributed by atoms with Crippen molar-refractivity contribution in [1.82, 2.24) is 15.2 Å². The van der Waals surface area contributed by atoms with Crippen molar-refractivity contribution >= 4 is 11.6 Å². The fraction of sp³-hybridized carbons (Fsp3) is 0.438. The molecule has 0 aliphatic heterocycles.